The lowest BCUT2D eigenvalue weighted by atomic mass is 9.86. The summed E-state index contributed by atoms with van der Waals surface area (Å²) in [6.45, 7) is 7.85. The lowest BCUT2D eigenvalue weighted by Gasteiger charge is -2.17. The van der Waals surface area contributed by atoms with Crippen LogP contribution in [0.3, 0.4) is 0 Å². The Morgan fingerprint density at radius 2 is 1.90 bits per heavy atom. The quantitative estimate of drug-likeness (QED) is 0.570. The van der Waals surface area contributed by atoms with Gasteiger partial charge in [0.05, 0.1) is 19.0 Å². The Morgan fingerprint density at radius 1 is 1.17 bits per heavy atom. The van der Waals surface area contributed by atoms with E-state index in [0.717, 1.165) is 12.0 Å². The maximum absolute atomic E-state index is 13.0. The number of hydrogen-bond donors (Lipinski definition) is 1. The summed E-state index contributed by atoms with van der Waals surface area (Å²) in [6.07, 6.45) is 1.11. The number of nitrogens with zero attached hydrogens (tertiary/aromatic N) is 1. The van der Waals surface area contributed by atoms with Gasteiger partial charge in [-0.2, -0.15) is 0 Å². The number of fused-ring (bicyclic) bond motifs is 1. The number of Topliss-reactive ketones (excluding diaryl/α,β-unsaturated/α-hetero) is 2. The average Bonchev–Trinajstić information content (AvgIpc) is 3.00. The van der Waals surface area contributed by atoms with Gasteiger partial charge in [0.25, 0.3) is 0 Å². The molecule has 0 spiro atoms. The molecule has 1 aliphatic carbocycles. The van der Waals surface area contributed by atoms with Gasteiger partial charge in [-0.15, -0.1) is 0 Å². The van der Waals surface area contributed by atoms with E-state index in [4.69, 9.17) is 4.74 Å². The molecule has 1 aromatic rings. The highest BCUT2D eigenvalue weighted by Gasteiger charge is 2.35. The van der Waals surface area contributed by atoms with E-state index >= 15 is 0 Å². The van der Waals surface area contributed by atoms with E-state index in [1.54, 1.807) is 26.0 Å². The Kier molecular flexibility index (Phi) is 6.58. The molecular formula is C23H30N2O5. The van der Waals surface area contributed by atoms with Crippen LogP contribution in [-0.4, -0.2) is 42.8 Å². The highest BCUT2D eigenvalue weighted by atomic mass is 16.6. The van der Waals surface area contributed by atoms with Crippen molar-refractivity contribution in [1.29, 1.82) is 0 Å². The lowest BCUT2D eigenvalue weighted by Crippen LogP contribution is -2.36. The third-order valence-corrected chi connectivity index (χ3v) is 5.74. The molecule has 7 heteroatoms. The van der Waals surface area contributed by atoms with Crippen LogP contribution in [0.1, 0.15) is 56.5 Å². The second-order valence-corrected chi connectivity index (χ2v) is 8.72. The molecule has 1 fully saturated rings. The predicted octanol–water partition coefficient (Wildman–Crippen LogP) is 3.14. The molecule has 2 amide bonds. The highest BCUT2D eigenvalue weighted by molar-refractivity contribution is 6.12. The standard InChI is InChI=1S/C23H30N2O5/c1-13(2)20(26)19-7-5-6-15-10-16(8-9-18(15)21(19)27)25-12-17(30-23(25)29)11-24-22(28)14(3)4/h8-10,13-14,17,19H,5-7,11-12H2,1-4H3,(H,24,28)/t17-,19?/m0/s1. The number of carbonyl (C=O) groups excluding carboxylic acids is 4. The zero-order valence-electron chi connectivity index (χ0n) is 18.1. The normalized spacial score (nSPS) is 21.5. The smallest absolute Gasteiger partial charge is 0.414 e. The van der Waals surface area contributed by atoms with Crippen molar-refractivity contribution in [2.24, 2.45) is 17.8 Å². The number of hydrogen-bond acceptors (Lipinski definition) is 5. The molecule has 2 aliphatic rings. The zero-order chi connectivity index (χ0) is 22.0. The first-order chi connectivity index (χ1) is 14.2. The van der Waals surface area contributed by atoms with E-state index in [2.05, 4.69) is 5.32 Å². The third kappa shape index (κ3) is 4.55. The van der Waals surface area contributed by atoms with Crippen LogP contribution in [0.4, 0.5) is 10.5 Å². The van der Waals surface area contributed by atoms with Crippen LogP contribution in [-0.2, 0) is 20.7 Å². The monoisotopic (exact) mass is 414 g/mol. The van der Waals surface area contributed by atoms with Crippen LogP contribution >= 0.6 is 0 Å². The summed E-state index contributed by atoms with van der Waals surface area (Å²) >= 11 is 0. The number of amides is 2. The largest absolute Gasteiger partial charge is 0.442 e. The summed E-state index contributed by atoms with van der Waals surface area (Å²) in [5, 5.41) is 2.79. The van der Waals surface area contributed by atoms with Gasteiger partial charge in [0.1, 0.15) is 11.9 Å². The SMILES string of the molecule is CC(C)C(=O)NC[C@H]1CN(c2ccc3c(c2)CCCC(C(=O)C(C)C)C3=O)C(=O)O1. The average molecular weight is 415 g/mol. The van der Waals surface area contributed by atoms with Crippen LogP contribution < -0.4 is 10.2 Å². The van der Waals surface area contributed by atoms with Crippen LogP contribution in [0.25, 0.3) is 0 Å². The lowest BCUT2D eigenvalue weighted by molar-refractivity contribution is -0.125. The summed E-state index contributed by atoms with van der Waals surface area (Å²) < 4.78 is 5.38. The fraction of sp³-hybridized carbons (Fsp3) is 0.565. The molecule has 1 heterocycles. The van der Waals surface area contributed by atoms with Gasteiger partial charge in [0.2, 0.25) is 5.91 Å². The summed E-state index contributed by atoms with van der Waals surface area (Å²) in [4.78, 5) is 51.1. The first-order valence-electron chi connectivity index (χ1n) is 10.7. The first kappa shape index (κ1) is 22.0. The number of aryl methyl sites for hydroxylation is 1. The van der Waals surface area contributed by atoms with Crippen LogP contribution in [0, 0.1) is 17.8 Å². The highest BCUT2D eigenvalue weighted by Crippen LogP contribution is 2.31. The van der Waals surface area contributed by atoms with Crippen molar-refractivity contribution in [3.8, 4) is 0 Å². The molecule has 1 aromatic carbocycles. The molecule has 2 atom stereocenters. The summed E-state index contributed by atoms with van der Waals surface area (Å²) in [7, 11) is 0. The second-order valence-electron chi connectivity index (χ2n) is 8.72. The number of rotatable bonds is 6. The number of nitrogens with one attached hydrogen (secondary N) is 1. The molecule has 0 saturated carbocycles. The Morgan fingerprint density at radius 3 is 2.57 bits per heavy atom. The molecule has 0 radical (unpaired) electrons. The fourth-order valence-corrected chi connectivity index (χ4v) is 3.94. The number of anilines is 1. The Balaban J connectivity index is 1.74. The van der Waals surface area contributed by atoms with E-state index in [1.807, 2.05) is 19.9 Å². The minimum atomic E-state index is -0.581. The zero-order valence-corrected chi connectivity index (χ0v) is 18.1. The van der Waals surface area contributed by atoms with Crippen LogP contribution in [0.15, 0.2) is 18.2 Å². The van der Waals surface area contributed by atoms with Gasteiger partial charge in [-0.3, -0.25) is 19.3 Å². The predicted molar refractivity (Wildman–Crippen MR) is 113 cm³/mol. The van der Waals surface area contributed by atoms with Gasteiger partial charge in [-0.25, -0.2) is 4.79 Å². The van der Waals surface area contributed by atoms with Gasteiger partial charge < -0.3 is 10.1 Å². The van der Waals surface area contributed by atoms with Gasteiger partial charge in [0.15, 0.2) is 5.78 Å². The van der Waals surface area contributed by atoms with E-state index in [9.17, 15) is 19.2 Å². The summed E-state index contributed by atoms with van der Waals surface area (Å²) in [6, 6.07) is 5.31. The molecule has 0 aromatic heterocycles. The minimum absolute atomic E-state index is 0.00802. The van der Waals surface area contributed by atoms with Gasteiger partial charge in [-0.05, 0) is 43.0 Å². The third-order valence-electron chi connectivity index (χ3n) is 5.74. The number of ether oxygens (including phenoxy) is 1. The summed E-state index contributed by atoms with van der Waals surface area (Å²) in [5.41, 5.74) is 2.10. The van der Waals surface area contributed by atoms with Crippen molar-refractivity contribution in [3.05, 3.63) is 29.3 Å². The van der Waals surface area contributed by atoms with Gasteiger partial charge in [0, 0.05) is 23.1 Å². The molecule has 7 nitrogen and oxygen atoms in total. The van der Waals surface area contributed by atoms with Crippen molar-refractivity contribution < 1.29 is 23.9 Å². The molecular weight excluding hydrogens is 384 g/mol. The molecule has 1 aliphatic heterocycles. The molecule has 0 bridgehead atoms. The molecule has 1 saturated heterocycles. The number of benzene rings is 1. The number of ketones is 2. The Hall–Kier alpha value is -2.70. The van der Waals surface area contributed by atoms with E-state index in [0.29, 0.717) is 30.6 Å². The van der Waals surface area contributed by atoms with E-state index in [-0.39, 0.29) is 35.9 Å². The van der Waals surface area contributed by atoms with Crippen molar-refractivity contribution in [1.82, 2.24) is 5.32 Å². The van der Waals surface area contributed by atoms with Crippen molar-refractivity contribution in [3.63, 3.8) is 0 Å². The fourth-order valence-electron chi connectivity index (χ4n) is 3.94. The number of cyclic esters (lactones) is 1. The first-order valence-corrected chi connectivity index (χ1v) is 10.7. The van der Waals surface area contributed by atoms with Crippen molar-refractivity contribution in [2.75, 3.05) is 18.0 Å². The maximum atomic E-state index is 13.0. The van der Waals surface area contributed by atoms with E-state index < -0.39 is 18.1 Å². The molecule has 1 unspecified atom stereocenters. The Bertz CT molecular complexity index is 861. The van der Waals surface area contributed by atoms with Gasteiger partial charge >= 0.3 is 6.09 Å². The van der Waals surface area contributed by atoms with Crippen LogP contribution in [0.5, 0.6) is 0 Å². The Labute approximate surface area is 177 Å². The second kappa shape index (κ2) is 8.98. The van der Waals surface area contributed by atoms with E-state index in [1.165, 1.54) is 4.90 Å². The maximum Gasteiger partial charge on any atom is 0.414 e. The summed E-state index contributed by atoms with van der Waals surface area (Å²) in [5.74, 6) is -1.10. The molecule has 3 rings (SSSR count). The molecule has 1 N–H and O–H groups in total. The van der Waals surface area contributed by atoms with Crippen molar-refractivity contribution >= 4 is 29.3 Å². The number of carbonyl (C=O) groups is 4. The van der Waals surface area contributed by atoms with Crippen LogP contribution in [0.2, 0.25) is 0 Å². The molecule has 30 heavy (non-hydrogen) atoms. The van der Waals surface area contributed by atoms with Gasteiger partial charge in [-0.1, -0.05) is 27.7 Å². The topological polar surface area (TPSA) is 92.8 Å². The minimum Gasteiger partial charge on any atom is -0.442 e. The molecule has 162 valence electrons. The van der Waals surface area contributed by atoms with Crippen molar-refractivity contribution in [2.45, 2.75) is 53.1 Å².